The van der Waals surface area contributed by atoms with Gasteiger partial charge in [0.1, 0.15) is 11.3 Å². The normalized spacial score (nSPS) is 11.1. The van der Waals surface area contributed by atoms with Crippen molar-refractivity contribution in [1.82, 2.24) is 14.8 Å². The Kier molecular flexibility index (Phi) is 3.79. The second-order valence-corrected chi connectivity index (χ2v) is 5.10. The number of carboxylic acids is 1. The number of furan rings is 1. The van der Waals surface area contributed by atoms with Crippen LogP contribution >= 0.6 is 11.8 Å². The summed E-state index contributed by atoms with van der Waals surface area (Å²) >= 11 is 1.34. The van der Waals surface area contributed by atoms with Crippen LogP contribution in [-0.2, 0) is 5.75 Å². The van der Waals surface area contributed by atoms with Gasteiger partial charge in [-0.05, 0) is 19.9 Å². The van der Waals surface area contributed by atoms with Gasteiger partial charge < -0.3 is 15.3 Å². The van der Waals surface area contributed by atoms with Crippen LogP contribution in [0.15, 0.2) is 21.9 Å². The summed E-state index contributed by atoms with van der Waals surface area (Å²) in [5, 5.41) is 17.4. The third-order valence-corrected chi connectivity index (χ3v) is 3.46. The summed E-state index contributed by atoms with van der Waals surface area (Å²) in [6.07, 6.45) is 1.36. The SMILES string of the molecule is CC(C)n1c(N)nnc1SCc1occc1C(=O)O. The molecule has 2 aromatic heterocycles. The molecule has 0 saturated carbocycles. The molecule has 19 heavy (non-hydrogen) atoms. The number of hydrogen-bond acceptors (Lipinski definition) is 6. The quantitative estimate of drug-likeness (QED) is 0.808. The molecule has 0 aliphatic heterocycles. The average molecular weight is 282 g/mol. The number of rotatable bonds is 5. The highest BCUT2D eigenvalue weighted by molar-refractivity contribution is 7.98. The molecule has 0 amide bonds. The molecule has 102 valence electrons. The van der Waals surface area contributed by atoms with Crippen LogP contribution in [0.25, 0.3) is 0 Å². The van der Waals surface area contributed by atoms with Crippen molar-refractivity contribution in [3.05, 3.63) is 23.7 Å². The first-order valence-corrected chi connectivity index (χ1v) is 6.62. The molecule has 0 aromatic carbocycles. The Balaban J connectivity index is 2.15. The third-order valence-electron chi connectivity index (χ3n) is 2.52. The first kappa shape index (κ1) is 13.5. The van der Waals surface area contributed by atoms with Gasteiger partial charge >= 0.3 is 5.97 Å². The van der Waals surface area contributed by atoms with Gasteiger partial charge in [-0.3, -0.25) is 4.57 Å². The summed E-state index contributed by atoms with van der Waals surface area (Å²) in [4.78, 5) is 11.0. The van der Waals surface area contributed by atoms with Crippen molar-refractivity contribution in [3.8, 4) is 0 Å². The van der Waals surface area contributed by atoms with Crippen LogP contribution in [0.1, 0.15) is 36.0 Å². The molecule has 0 spiro atoms. The minimum absolute atomic E-state index is 0.132. The Hall–Kier alpha value is -1.96. The lowest BCUT2D eigenvalue weighted by molar-refractivity contribution is 0.0695. The van der Waals surface area contributed by atoms with Crippen molar-refractivity contribution in [1.29, 1.82) is 0 Å². The van der Waals surface area contributed by atoms with Gasteiger partial charge in [0.05, 0.1) is 12.0 Å². The fourth-order valence-electron chi connectivity index (χ4n) is 1.65. The van der Waals surface area contributed by atoms with Crippen LogP contribution in [-0.4, -0.2) is 25.8 Å². The maximum absolute atomic E-state index is 11.0. The lowest BCUT2D eigenvalue weighted by Crippen LogP contribution is -2.07. The first-order chi connectivity index (χ1) is 9.00. The molecule has 0 aliphatic rings. The van der Waals surface area contributed by atoms with E-state index in [2.05, 4.69) is 10.2 Å². The fraction of sp³-hybridized carbons (Fsp3) is 0.364. The van der Waals surface area contributed by atoms with E-state index in [4.69, 9.17) is 15.3 Å². The maximum Gasteiger partial charge on any atom is 0.339 e. The minimum atomic E-state index is -1.01. The summed E-state index contributed by atoms with van der Waals surface area (Å²) in [6, 6.07) is 1.56. The topological polar surface area (TPSA) is 107 Å². The number of anilines is 1. The van der Waals surface area contributed by atoms with Crippen LogP contribution in [0.3, 0.4) is 0 Å². The molecule has 0 atom stereocenters. The van der Waals surface area contributed by atoms with Crippen molar-refractivity contribution in [2.24, 2.45) is 0 Å². The van der Waals surface area contributed by atoms with E-state index in [-0.39, 0.29) is 11.6 Å². The molecular weight excluding hydrogens is 268 g/mol. The molecule has 0 unspecified atom stereocenters. The van der Waals surface area contributed by atoms with Crippen LogP contribution in [0.5, 0.6) is 0 Å². The van der Waals surface area contributed by atoms with Crippen molar-refractivity contribution in [2.75, 3.05) is 5.73 Å². The largest absolute Gasteiger partial charge is 0.478 e. The van der Waals surface area contributed by atoms with Gasteiger partial charge in [0.15, 0.2) is 5.16 Å². The summed E-state index contributed by atoms with van der Waals surface area (Å²) in [5.74, 6) is 0.0958. The van der Waals surface area contributed by atoms with E-state index < -0.39 is 5.97 Å². The number of aromatic carboxylic acids is 1. The number of carboxylic acid groups (broad SMARTS) is 1. The zero-order valence-electron chi connectivity index (χ0n) is 10.5. The van der Waals surface area contributed by atoms with E-state index in [1.165, 1.54) is 24.1 Å². The summed E-state index contributed by atoms with van der Waals surface area (Å²) in [7, 11) is 0. The van der Waals surface area contributed by atoms with Crippen LogP contribution in [0.4, 0.5) is 5.95 Å². The molecule has 2 heterocycles. The number of hydrogen-bond donors (Lipinski definition) is 2. The maximum atomic E-state index is 11.0. The van der Waals surface area contributed by atoms with Gasteiger partial charge in [0.2, 0.25) is 5.95 Å². The predicted octanol–water partition coefficient (Wildman–Crippen LogP) is 2.02. The predicted molar refractivity (Wildman–Crippen MR) is 70.0 cm³/mol. The molecule has 2 rings (SSSR count). The van der Waals surface area contributed by atoms with Crippen LogP contribution in [0.2, 0.25) is 0 Å². The van der Waals surface area contributed by atoms with Gasteiger partial charge in [-0.15, -0.1) is 10.2 Å². The average Bonchev–Trinajstić information content (AvgIpc) is 2.92. The number of thioether (sulfide) groups is 1. The molecule has 0 fully saturated rings. The number of nitrogen functional groups attached to an aromatic ring is 1. The molecule has 0 aliphatic carbocycles. The highest BCUT2D eigenvalue weighted by Gasteiger charge is 2.17. The van der Waals surface area contributed by atoms with Gasteiger partial charge in [0, 0.05) is 6.04 Å². The van der Waals surface area contributed by atoms with Crippen LogP contribution < -0.4 is 5.73 Å². The number of carbonyl (C=O) groups is 1. The second-order valence-electron chi connectivity index (χ2n) is 4.16. The van der Waals surface area contributed by atoms with Crippen molar-refractivity contribution >= 4 is 23.7 Å². The van der Waals surface area contributed by atoms with E-state index in [9.17, 15) is 4.79 Å². The molecule has 0 bridgehead atoms. The van der Waals surface area contributed by atoms with E-state index in [1.54, 1.807) is 4.57 Å². The Morgan fingerprint density at radius 2 is 2.32 bits per heavy atom. The standard InChI is InChI=1S/C11H14N4O3S/c1-6(2)15-10(12)13-14-11(15)19-5-8-7(9(16)17)3-4-18-8/h3-4,6H,5H2,1-2H3,(H2,12,13)(H,16,17). The zero-order chi connectivity index (χ0) is 14.0. The molecule has 0 saturated heterocycles. The second kappa shape index (κ2) is 5.35. The Morgan fingerprint density at radius 3 is 2.95 bits per heavy atom. The lowest BCUT2D eigenvalue weighted by atomic mass is 10.3. The van der Waals surface area contributed by atoms with Crippen molar-refractivity contribution in [3.63, 3.8) is 0 Å². The molecule has 7 nitrogen and oxygen atoms in total. The molecule has 2 aromatic rings. The summed E-state index contributed by atoms with van der Waals surface area (Å²) < 4.78 is 6.95. The van der Waals surface area contributed by atoms with Gasteiger partial charge in [-0.25, -0.2) is 4.79 Å². The number of nitrogens with zero attached hydrogens (tertiary/aromatic N) is 3. The van der Waals surface area contributed by atoms with Gasteiger partial charge in [-0.1, -0.05) is 11.8 Å². The van der Waals surface area contributed by atoms with Crippen molar-refractivity contribution < 1.29 is 14.3 Å². The highest BCUT2D eigenvalue weighted by Crippen LogP contribution is 2.27. The minimum Gasteiger partial charge on any atom is -0.478 e. The third kappa shape index (κ3) is 2.73. The first-order valence-electron chi connectivity index (χ1n) is 5.63. The van der Waals surface area contributed by atoms with Gasteiger partial charge in [-0.2, -0.15) is 0 Å². The van der Waals surface area contributed by atoms with E-state index >= 15 is 0 Å². The van der Waals surface area contributed by atoms with Crippen molar-refractivity contribution in [2.45, 2.75) is 30.8 Å². The molecule has 0 radical (unpaired) electrons. The zero-order valence-corrected chi connectivity index (χ0v) is 11.3. The van der Waals surface area contributed by atoms with E-state index in [1.807, 2.05) is 13.8 Å². The summed E-state index contributed by atoms with van der Waals surface area (Å²) in [5.41, 5.74) is 5.89. The van der Waals surface area contributed by atoms with E-state index in [0.717, 1.165) is 0 Å². The Morgan fingerprint density at radius 1 is 1.58 bits per heavy atom. The Labute approximate surface area is 113 Å². The smallest absolute Gasteiger partial charge is 0.339 e. The summed E-state index contributed by atoms with van der Waals surface area (Å²) in [6.45, 7) is 3.94. The van der Waals surface area contributed by atoms with Gasteiger partial charge in [0.25, 0.3) is 0 Å². The molecule has 8 heteroatoms. The van der Waals surface area contributed by atoms with Crippen LogP contribution in [0, 0.1) is 0 Å². The monoisotopic (exact) mass is 282 g/mol. The number of aromatic nitrogens is 3. The number of nitrogens with two attached hydrogens (primary N) is 1. The lowest BCUT2D eigenvalue weighted by Gasteiger charge is -2.10. The highest BCUT2D eigenvalue weighted by atomic mass is 32.2. The fourth-order valence-corrected chi connectivity index (χ4v) is 2.67. The molecule has 3 N–H and O–H groups in total. The molecular formula is C11H14N4O3S. The van der Waals surface area contributed by atoms with E-state index in [0.29, 0.717) is 22.6 Å². The Bertz CT molecular complexity index is 591.